The SMILES string of the molecule is Cn1nc(-c2cccs2)nc1-c1ccc(N)c([N+](=O)[O-])c1. The van der Waals surface area contributed by atoms with Gasteiger partial charge in [-0.05, 0) is 23.6 Å². The lowest BCUT2D eigenvalue weighted by Gasteiger charge is -2.02. The van der Waals surface area contributed by atoms with Crippen LogP contribution in [0.1, 0.15) is 0 Å². The van der Waals surface area contributed by atoms with Crippen LogP contribution in [0.3, 0.4) is 0 Å². The lowest BCUT2D eigenvalue weighted by molar-refractivity contribution is -0.383. The van der Waals surface area contributed by atoms with Crippen molar-refractivity contribution in [1.82, 2.24) is 14.8 Å². The lowest BCUT2D eigenvalue weighted by Crippen LogP contribution is -1.98. The van der Waals surface area contributed by atoms with Crippen LogP contribution in [-0.2, 0) is 7.05 Å². The quantitative estimate of drug-likeness (QED) is 0.455. The van der Waals surface area contributed by atoms with Crippen LogP contribution in [0.4, 0.5) is 11.4 Å². The molecular weight excluding hydrogens is 290 g/mol. The monoisotopic (exact) mass is 301 g/mol. The highest BCUT2D eigenvalue weighted by molar-refractivity contribution is 7.13. The Kier molecular flexibility index (Phi) is 3.15. The van der Waals surface area contributed by atoms with Gasteiger partial charge in [0.15, 0.2) is 11.6 Å². The highest BCUT2D eigenvalue weighted by Crippen LogP contribution is 2.29. The number of hydrogen-bond acceptors (Lipinski definition) is 6. The fourth-order valence-corrected chi connectivity index (χ4v) is 2.64. The van der Waals surface area contributed by atoms with Crippen LogP contribution >= 0.6 is 11.3 Å². The largest absolute Gasteiger partial charge is 0.393 e. The van der Waals surface area contributed by atoms with E-state index in [-0.39, 0.29) is 11.4 Å². The van der Waals surface area contributed by atoms with E-state index in [4.69, 9.17) is 5.73 Å². The molecule has 3 aromatic rings. The molecule has 8 heteroatoms. The molecule has 2 aromatic heterocycles. The summed E-state index contributed by atoms with van der Waals surface area (Å²) in [5.41, 5.74) is 6.21. The van der Waals surface area contributed by atoms with Crippen LogP contribution < -0.4 is 5.73 Å². The molecule has 0 fully saturated rings. The molecule has 3 rings (SSSR count). The standard InChI is InChI=1S/C13H11N5O2S/c1-17-13(15-12(16-17)11-3-2-6-21-11)8-4-5-9(14)10(7-8)18(19)20/h2-7H,14H2,1H3. The number of benzene rings is 1. The molecule has 0 saturated heterocycles. The first-order valence-corrected chi connectivity index (χ1v) is 6.93. The Morgan fingerprint density at radius 2 is 2.19 bits per heavy atom. The van der Waals surface area contributed by atoms with Crippen molar-refractivity contribution in [1.29, 1.82) is 0 Å². The molecular formula is C13H11N5O2S. The van der Waals surface area contributed by atoms with Crippen LogP contribution in [0, 0.1) is 10.1 Å². The third-order valence-electron chi connectivity index (χ3n) is 2.99. The average molecular weight is 301 g/mol. The minimum atomic E-state index is -0.505. The van der Waals surface area contributed by atoms with Crippen molar-refractivity contribution in [2.24, 2.45) is 7.05 Å². The van der Waals surface area contributed by atoms with Gasteiger partial charge in [-0.25, -0.2) is 9.67 Å². The zero-order chi connectivity index (χ0) is 15.0. The van der Waals surface area contributed by atoms with Gasteiger partial charge in [0.2, 0.25) is 0 Å². The molecule has 0 radical (unpaired) electrons. The Hall–Kier alpha value is -2.74. The topological polar surface area (TPSA) is 99.9 Å². The second kappa shape index (κ2) is 4.98. The number of aromatic nitrogens is 3. The Morgan fingerprint density at radius 1 is 1.38 bits per heavy atom. The van der Waals surface area contributed by atoms with Gasteiger partial charge in [-0.3, -0.25) is 10.1 Å². The average Bonchev–Trinajstić information content (AvgIpc) is 3.08. The van der Waals surface area contributed by atoms with Crippen LogP contribution in [0.5, 0.6) is 0 Å². The van der Waals surface area contributed by atoms with Crippen molar-refractivity contribution in [3.8, 4) is 22.1 Å². The number of nitrogen functional groups attached to an aromatic ring is 1. The fraction of sp³-hybridized carbons (Fsp3) is 0.0769. The Balaban J connectivity index is 2.09. The Labute approximate surface area is 123 Å². The van der Waals surface area contributed by atoms with E-state index in [0.29, 0.717) is 17.2 Å². The molecule has 106 valence electrons. The summed E-state index contributed by atoms with van der Waals surface area (Å²) in [6, 6.07) is 8.47. The molecule has 21 heavy (non-hydrogen) atoms. The summed E-state index contributed by atoms with van der Waals surface area (Å²) in [4.78, 5) is 15.9. The van der Waals surface area contributed by atoms with Gasteiger partial charge in [0, 0.05) is 18.7 Å². The summed E-state index contributed by atoms with van der Waals surface area (Å²) in [5.74, 6) is 1.16. The summed E-state index contributed by atoms with van der Waals surface area (Å²) in [7, 11) is 1.75. The maximum Gasteiger partial charge on any atom is 0.292 e. The summed E-state index contributed by atoms with van der Waals surface area (Å²) in [6.45, 7) is 0. The molecule has 0 amide bonds. The predicted octanol–water partition coefficient (Wildman–Crippen LogP) is 2.70. The molecule has 0 spiro atoms. The van der Waals surface area contributed by atoms with Gasteiger partial charge in [-0.1, -0.05) is 6.07 Å². The maximum absolute atomic E-state index is 11.0. The third kappa shape index (κ3) is 2.36. The molecule has 0 unspecified atom stereocenters. The molecule has 7 nitrogen and oxygen atoms in total. The van der Waals surface area contributed by atoms with Gasteiger partial charge in [0.25, 0.3) is 5.69 Å². The van der Waals surface area contributed by atoms with Crippen molar-refractivity contribution < 1.29 is 4.92 Å². The van der Waals surface area contributed by atoms with E-state index >= 15 is 0 Å². The van der Waals surface area contributed by atoms with Crippen molar-refractivity contribution in [3.63, 3.8) is 0 Å². The molecule has 0 bridgehead atoms. The van der Waals surface area contributed by atoms with Crippen molar-refractivity contribution in [2.45, 2.75) is 0 Å². The van der Waals surface area contributed by atoms with Gasteiger partial charge in [-0.2, -0.15) is 0 Å². The number of thiophene rings is 1. The number of nitrogens with zero attached hydrogens (tertiary/aromatic N) is 4. The second-order valence-corrected chi connectivity index (χ2v) is 5.34. The minimum absolute atomic E-state index is 0.129. The number of aryl methyl sites for hydroxylation is 1. The fourth-order valence-electron chi connectivity index (χ4n) is 1.99. The first kappa shape index (κ1) is 13.3. The smallest absolute Gasteiger partial charge is 0.292 e. The van der Waals surface area contributed by atoms with E-state index in [1.54, 1.807) is 17.8 Å². The number of nitrogens with two attached hydrogens (primary N) is 1. The lowest BCUT2D eigenvalue weighted by atomic mass is 10.1. The van der Waals surface area contributed by atoms with Gasteiger partial charge < -0.3 is 5.73 Å². The van der Waals surface area contributed by atoms with Gasteiger partial charge in [-0.15, -0.1) is 16.4 Å². The number of hydrogen-bond donors (Lipinski definition) is 1. The highest BCUT2D eigenvalue weighted by atomic mass is 32.1. The van der Waals surface area contributed by atoms with Crippen LogP contribution in [0.2, 0.25) is 0 Å². The van der Waals surface area contributed by atoms with Crippen LogP contribution in [-0.4, -0.2) is 19.7 Å². The number of rotatable bonds is 3. The normalized spacial score (nSPS) is 10.7. The summed E-state index contributed by atoms with van der Waals surface area (Å²) < 4.78 is 1.60. The zero-order valence-corrected chi connectivity index (χ0v) is 11.9. The van der Waals surface area contributed by atoms with Crippen molar-refractivity contribution >= 4 is 22.7 Å². The molecule has 0 aliphatic heterocycles. The van der Waals surface area contributed by atoms with E-state index in [0.717, 1.165) is 4.88 Å². The minimum Gasteiger partial charge on any atom is -0.393 e. The van der Waals surface area contributed by atoms with E-state index < -0.39 is 4.92 Å². The molecule has 2 heterocycles. The Morgan fingerprint density at radius 3 is 2.86 bits per heavy atom. The molecule has 2 N–H and O–H groups in total. The van der Waals surface area contributed by atoms with E-state index in [2.05, 4.69) is 10.1 Å². The first-order valence-electron chi connectivity index (χ1n) is 6.05. The summed E-state index contributed by atoms with van der Waals surface area (Å²) >= 11 is 1.54. The van der Waals surface area contributed by atoms with E-state index in [1.165, 1.54) is 23.5 Å². The van der Waals surface area contributed by atoms with Crippen molar-refractivity contribution in [3.05, 3.63) is 45.8 Å². The first-order chi connectivity index (χ1) is 10.1. The predicted molar refractivity (Wildman–Crippen MR) is 80.8 cm³/mol. The third-order valence-corrected chi connectivity index (χ3v) is 3.86. The molecule has 0 aliphatic carbocycles. The molecule has 1 aromatic carbocycles. The molecule has 0 atom stereocenters. The number of nitro groups is 1. The molecule has 0 aliphatic rings. The highest BCUT2D eigenvalue weighted by Gasteiger charge is 2.17. The number of anilines is 1. The maximum atomic E-state index is 11.0. The zero-order valence-electron chi connectivity index (χ0n) is 11.1. The van der Waals surface area contributed by atoms with Crippen molar-refractivity contribution in [2.75, 3.05) is 5.73 Å². The van der Waals surface area contributed by atoms with E-state index in [9.17, 15) is 10.1 Å². The molecule has 0 saturated carbocycles. The summed E-state index contributed by atoms with van der Waals surface area (Å²) in [5, 5.41) is 17.3. The second-order valence-electron chi connectivity index (χ2n) is 4.39. The van der Waals surface area contributed by atoms with Gasteiger partial charge >= 0.3 is 0 Å². The Bertz CT molecular complexity index is 810. The van der Waals surface area contributed by atoms with Gasteiger partial charge in [0.05, 0.1) is 9.80 Å². The van der Waals surface area contributed by atoms with E-state index in [1.807, 2.05) is 17.5 Å². The van der Waals surface area contributed by atoms with Crippen LogP contribution in [0.15, 0.2) is 35.7 Å². The van der Waals surface area contributed by atoms with Crippen LogP contribution in [0.25, 0.3) is 22.1 Å². The number of nitro benzene ring substituents is 1. The summed E-state index contributed by atoms with van der Waals surface area (Å²) in [6.07, 6.45) is 0. The van der Waals surface area contributed by atoms with Gasteiger partial charge in [0.1, 0.15) is 5.69 Å².